The van der Waals surface area contributed by atoms with Gasteiger partial charge in [-0.05, 0) is 37.0 Å². The average molecular weight is 282 g/mol. The molecule has 0 saturated carbocycles. The van der Waals surface area contributed by atoms with Crippen molar-refractivity contribution in [2.24, 2.45) is 11.1 Å². The number of hydrogen-bond donors (Lipinski definition) is 2. The van der Waals surface area contributed by atoms with Crippen LogP contribution in [-0.2, 0) is 11.3 Å². The van der Waals surface area contributed by atoms with Gasteiger partial charge in [-0.3, -0.25) is 0 Å². The van der Waals surface area contributed by atoms with Crippen molar-refractivity contribution in [2.75, 3.05) is 25.1 Å². The fraction of sp³-hybridized carbons (Fsp3) is 0.538. The lowest BCUT2D eigenvalue weighted by molar-refractivity contribution is 0.0699. The molecule has 1 saturated heterocycles. The van der Waals surface area contributed by atoms with E-state index in [0.717, 1.165) is 48.7 Å². The van der Waals surface area contributed by atoms with Crippen LogP contribution in [0.3, 0.4) is 0 Å². The molecule has 2 N–H and O–H groups in total. The Labute approximate surface area is 116 Å². The highest BCUT2D eigenvalue weighted by Crippen LogP contribution is 2.24. The van der Waals surface area contributed by atoms with E-state index in [0.29, 0.717) is 18.0 Å². The molecule has 0 atom stereocenters. The van der Waals surface area contributed by atoms with E-state index in [1.807, 2.05) is 12.1 Å². The summed E-state index contributed by atoms with van der Waals surface area (Å²) < 4.78 is 14.4. The molecule has 1 aliphatic rings. The molecule has 1 fully saturated rings. The molecule has 1 aromatic rings. The molecule has 104 valence electrons. The van der Waals surface area contributed by atoms with Crippen molar-refractivity contribution >= 4 is 17.7 Å². The quantitative estimate of drug-likeness (QED) is 0.618. The van der Waals surface area contributed by atoms with Crippen molar-refractivity contribution in [3.63, 3.8) is 0 Å². The minimum Gasteiger partial charge on any atom is -0.384 e. The summed E-state index contributed by atoms with van der Waals surface area (Å²) in [6.45, 7) is 2.65. The van der Waals surface area contributed by atoms with Gasteiger partial charge in [0.05, 0.1) is 0 Å². The van der Waals surface area contributed by atoms with Gasteiger partial charge in [-0.25, -0.2) is 0 Å². The molecule has 0 amide bonds. The molecule has 19 heavy (non-hydrogen) atoms. The zero-order chi connectivity index (χ0) is 13.5. The zero-order valence-electron chi connectivity index (χ0n) is 10.7. The lowest BCUT2D eigenvalue weighted by Gasteiger charge is -2.23. The van der Waals surface area contributed by atoms with Gasteiger partial charge in [0.2, 0.25) is 0 Å². The van der Waals surface area contributed by atoms with E-state index < -0.39 is 0 Å². The molecule has 5 nitrogen and oxygen atoms in total. The van der Waals surface area contributed by atoms with Gasteiger partial charge >= 0.3 is 0 Å². The van der Waals surface area contributed by atoms with Crippen LogP contribution in [0.4, 0.5) is 5.69 Å². The average Bonchev–Trinajstić information content (AvgIpc) is 2.47. The van der Waals surface area contributed by atoms with Gasteiger partial charge in [0.25, 0.3) is 0 Å². The Morgan fingerprint density at radius 2 is 2.21 bits per heavy atom. The number of nitrogens with zero attached hydrogens (tertiary/aromatic N) is 1. The maximum Gasteiger partial charge on any atom is 0.108 e. The Bertz CT molecular complexity index is 422. The van der Waals surface area contributed by atoms with Gasteiger partial charge in [-0.1, -0.05) is 5.18 Å². The van der Waals surface area contributed by atoms with E-state index in [-0.39, 0.29) is 6.54 Å². The van der Waals surface area contributed by atoms with Crippen LogP contribution < -0.4 is 5.32 Å². The van der Waals surface area contributed by atoms with Crippen molar-refractivity contribution in [2.45, 2.75) is 24.3 Å². The standard InChI is InChI=1S/C13H18N2O3S/c16-15-9-11-7-12(19-17)1-2-13(11)14-8-10-3-5-18-6-4-10/h1-2,7,10,14,17H,3-6,8-9H2. The van der Waals surface area contributed by atoms with Gasteiger partial charge in [0.15, 0.2) is 0 Å². The Morgan fingerprint density at radius 3 is 2.89 bits per heavy atom. The molecule has 1 aromatic carbocycles. The Morgan fingerprint density at radius 1 is 1.42 bits per heavy atom. The molecule has 0 aliphatic carbocycles. The second kappa shape index (κ2) is 7.47. The summed E-state index contributed by atoms with van der Waals surface area (Å²) in [4.78, 5) is 11.2. The van der Waals surface area contributed by atoms with Crippen molar-refractivity contribution in [3.8, 4) is 0 Å². The van der Waals surface area contributed by atoms with Crippen LogP contribution in [0.15, 0.2) is 28.3 Å². The van der Waals surface area contributed by atoms with Gasteiger partial charge in [-0.15, -0.1) is 0 Å². The normalized spacial score (nSPS) is 16.3. The van der Waals surface area contributed by atoms with Gasteiger partial charge in [0, 0.05) is 47.9 Å². The van der Waals surface area contributed by atoms with Crippen LogP contribution in [0.25, 0.3) is 0 Å². The van der Waals surface area contributed by atoms with Crippen molar-refractivity contribution in [1.82, 2.24) is 0 Å². The Kier molecular flexibility index (Phi) is 5.62. The predicted molar refractivity (Wildman–Crippen MR) is 76.5 cm³/mol. The second-order valence-corrected chi connectivity index (χ2v) is 5.29. The summed E-state index contributed by atoms with van der Waals surface area (Å²) in [6.07, 6.45) is 2.14. The summed E-state index contributed by atoms with van der Waals surface area (Å²) in [7, 11) is 0. The molecular weight excluding hydrogens is 264 g/mol. The number of nitroso groups, excluding NO2 is 1. The predicted octanol–water partition coefficient (Wildman–Crippen LogP) is 3.36. The summed E-state index contributed by atoms with van der Waals surface area (Å²) in [5.41, 5.74) is 1.74. The van der Waals surface area contributed by atoms with Crippen LogP contribution in [0, 0.1) is 10.8 Å². The molecule has 0 aromatic heterocycles. The smallest absolute Gasteiger partial charge is 0.108 e. The Balaban J connectivity index is 1.99. The van der Waals surface area contributed by atoms with Crippen molar-refractivity contribution in [3.05, 3.63) is 28.7 Å². The van der Waals surface area contributed by atoms with Crippen LogP contribution in [0.5, 0.6) is 0 Å². The first-order valence-corrected chi connectivity index (χ1v) is 7.16. The Hall–Kier alpha value is -1.11. The topological polar surface area (TPSA) is 70.9 Å². The maximum atomic E-state index is 10.5. The third-order valence-corrected chi connectivity index (χ3v) is 3.80. The number of benzene rings is 1. The highest BCUT2D eigenvalue weighted by Gasteiger charge is 2.14. The number of rotatable bonds is 6. The van der Waals surface area contributed by atoms with Gasteiger partial charge < -0.3 is 14.6 Å². The SMILES string of the molecule is O=NCc1cc(SO)ccc1NCC1CCOCC1. The van der Waals surface area contributed by atoms with Gasteiger partial charge in [-0.2, -0.15) is 4.91 Å². The summed E-state index contributed by atoms with van der Waals surface area (Å²) >= 11 is 0.676. The van der Waals surface area contributed by atoms with Crippen molar-refractivity contribution in [1.29, 1.82) is 0 Å². The fourth-order valence-corrected chi connectivity index (χ4v) is 2.53. The molecule has 0 spiro atoms. The van der Waals surface area contributed by atoms with E-state index in [1.54, 1.807) is 6.07 Å². The molecular formula is C13H18N2O3S. The maximum absolute atomic E-state index is 10.5. The van der Waals surface area contributed by atoms with E-state index in [1.165, 1.54) is 0 Å². The fourth-order valence-electron chi connectivity index (χ4n) is 2.20. The van der Waals surface area contributed by atoms with Crippen LogP contribution in [0.2, 0.25) is 0 Å². The number of anilines is 1. The molecule has 1 aliphatic heterocycles. The zero-order valence-corrected chi connectivity index (χ0v) is 11.5. The third-order valence-electron chi connectivity index (χ3n) is 3.34. The molecule has 0 unspecified atom stereocenters. The van der Waals surface area contributed by atoms with E-state index in [2.05, 4.69) is 10.5 Å². The second-order valence-electron chi connectivity index (χ2n) is 4.63. The lowest BCUT2D eigenvalue weighted by atomic mass is 10.00. The largest absolute Gasteiger partial charge is 0.384 e. The number of ether oxygens (including phenoxy) is 1. The highest BCUT2D eigenvalue weighted by molar-refractivity contribution is 7.93. The van der Waals surface area contributed by atoms with Crippen LogP contribution in [0.1, 0.15) is 18.4 Å². The minimum absolute atomic E-state index is 0.116. The number of hydrogen-bond acceptors (Lipinski definition) is 6. The summed E-state index contributed by atoms with van der Waals surface area (Å²) in [5, 5.41) is 6.31. The highest BCUT2D eigenvalue weighted by atomic mass is 32.2. The third kappa shape index (κ3) is 4.19. The monoisotopic (exact) mass is 282 g/mol. The van der Waals surface area contributed by atoms with Crippen LogP contribution >= 0.6 is 12.0 Å². The molecule has 2 rings (SSSR count). The van der Waals surface area contributed by atoms with E-state index >= 15 is 0 Å². The molecule has 6 heteroatoms. The first-order chi connectivity index (χ1) is 9.33. The first-order valence-electron chi connectivity index (χ1n) is 6.38. The summed E-state index contributed by atoms with van der Waals surface area (Å²) in [6, 6.07) is 5.50. The number of nitrogens with one attached hydrogen (secondary N) is 1. The van der Waals surface area contributed by atoms with Crippen LogP contribution in [-0.4, -0.2) is 24.3 Å². The molecule has 0 radical (unpaired) electrons. The van der Waals surface area contributed by atoms with E-state index in [4.69, 9.17) is 9.29 Å². The first kappa shape index (κ1) is 14.3. The molecule has 1 heterocycles. The molecule has 0 bridgehead atoms. The van der Waals surface area contributed by atoms with Gasteiger partial charge in [0.1, 0.15) is 6.54 Å². The lowest BCUT2D eigenvalue weighted by Crippen LogP contribution is -2.22. The summed E-state index contributed by atoms with van der Waals surface area (Å²) in [5.74, 6) is 0.609. The van der Waals surface area contributed by atoms with Crippen molar-refractivity contribution < 1.29 is 9.29 Å². The minimum atomic E-state index is 0.116. The van der Waals surface area contributed by atoms with E-state index in [9.17, 15) is 4.91 Å².